The third-order valence-electron chi connectivity index (χ3n) is 6.02. The van der Waals surface area contributed by atoms with Crippen LogP contribution in [0.1, 0.15) is 5.56 Å². The number of hydrogen-bond acceptors (Lipinski definition) is 3. The van der Waals surface area contributed by atoms with E-state index in [4.69, 9.17) is 0 Å². The van der Waals surface area contributed by atoms with Gasteiger partial charge < -0.3 is 4.72 Å². The fraction of sp³-hybridized carbons (Fsp3) is 0.0645. The maximum atomic E-state index is 11.9. The van der Waals surface area contributed by atoms with E-state index in [0.29, 0.717) is 5.69 Å². The van der Waals surface area contributed by atoms with E-state index in [1.54, 1.807) is 36.4 Å². The highest BCUT2D eigenvalue weighted by Crippen LogP contribution is 2.51. The quantitative estimate of drug-likeness (QED) is 0.242. The lowest BCUT2D eigenvalue weighted by molar-refractivity contribution is 0.603. The molecule has 0 atom stereocenters. The normalized spacial score (nSPS) is 11.2. The van der Waals surface area contributed by atoms with E-state index in [1.807, 2.05) is 6.92 Å². The van der Waals surface area contributed by atoms with Gasteiger partial charge in [0.1, 0.15) is 33.2 Å². The van der Waals surface area contributed by atoms with Crippen molar-refractivity contribution >= 4 is 38.9 Å². The van der Waals surface area contributed by atoms with E-state index in [1.165, 1.54) is 28.3 Å². The fourth-order valence-corrected chi connectivity index (χ4v) is 8.12. The zero-order valence-corrected chi connectivity index (χ0v) is 22.6. The van der Waals surface area contributed by atoms with Crippen LogP contribution in [-0.4, -0.2) is 20.1 Å². The summed E-state index contributed by atoms with van der Waals surface area (Å²) in [5.41, 5.74) is 1.38. The molecule has 0 radical (unpaired) electrons. The third kappa shape index (κ3) is 6.51. The van der Waals surface area contributed by atoms with Crippen LogP contribution in [0.4, 0.5) is 5.69 Å². The van der Waals surface area contributed by atoms with E-state index in [0.717, 1.165) is 5.56 Å². The molecule has 0 saturated carbocycles. The summed E-state index contributed by atoms with van der Waals surface area (Å²) in [6.45, 7) is 4.31. The highest BCUT2D eigenvalue weighted by Gasteiger charge is 2.39. The predicted molar refractivity (Wildman–Crippen MR) is 157 cm³/mol. The lowest BCUT2D eigenvalue weighted by atomic mass is 10.2. The van der Waals surface area contributed by atoms with Crippen molar-refractivity contribution in [3.8, 4) is 0 Å². The summed E-state index contributed by atoms with van der Waals surface area (Å²) in [4.78, 5) is 4.00. The van der Waals surface area contributed by atoms with Gasteiger partial charge in [-0.1, -0.05) is 84.4 Å². The van der Waals surface area contributed by atoms with E-state index < -0.39 is 17.3 Å². The first kappa shape index (κ1) is 26.3. The third-order valence-corrected chi connectivity index (χ3v) is 11.3. The van der Waals surface area contributed by atoms with Crippen molar-refractivity contribution < 1.29 is 8.42 Å². The number of hydrogen-bond donors (Lipinski definition) is 0. The average molecular weight is 525 g/mol. The lowest BCUT2D eigenvalue weighted by Crippen LogP contribution is -2.30. The molecule has 0 aliphatic rings. The summed E-state index contributed by atoms with van der Waals surface area (Å²) in [5.74, 6) is 0. The first-order valence-electron chi connectivity index (χ1n) is 11.9. The molecule has 6 heteroatoms. The molecule has 0 spiro atoms. The smallest absolute Gasteiger partial charge is 0.123 e. The Kier molecular flexibility index (Phi) is 8.50. The fourth-order valence-electron chi connectivity index (χ4n) is 3.93. The summed E-state index contributed by atoms with van der Waals surface area (Å²) in [7, 11) is -5.16. The Morgan fingerprint density at radius 1 is 0.595 bits per heavy atom. The minimum atomic E-state index is -3.63. The van der Waals surface area contributed by atoms with Crippen molar-refractivity contribution in [2.75, 3.05) is 6.66 Å². The molecule has 1 heterocycles. The molecule has 0 saturated heterocycles. The Morgan fingerprint density at radius 2 is 1.00 bits per heavy atom. The van der Waals surface area contributed by atoms with Crippen molar-refractivity contribution in [3.05, 3.63) is 150 Å². The van der Waals surface area contributed by atoms with Gasteiger partial charge in [0.15, 0.2) is 0 Å². The molecular weight excluding hydrogens is 495 g/mol. The second-order valence-corrected chi connectivity index (χ2v) is 13.8. The van der Waals surface area contributed by atoms with Crippen molar-refractivity contribution in [2.45, 2.75) is 11.8 Å². The zero-order chi connectivity index (χ0) is 26.1. The topological polar surface area (TPSA) is 61.1 Å². The molecule has 0 fully saturated rings. The van der Waals surface area contributed by atoms with Gasteiger partial charge in [-0.05, 0) is 55.5 Å². The highest BCUT2D eigenvalue weighted by atomic mass is 32.2. The van der Waals surface area contributed by atoms with Gasteiger partial charge in [-0.15, -0.1) is 5.69 Å². The first-order valence-corrected chi connectivity index (χ1v) is 15.6. The molecule has 0 amide bonds. The first-order chi connectivity index (χ1) is 17.9. The summed E-state index contributed by atoms with van der Waals surface area (Å²) >= 11 is 0. The molecule has 0 N–H and O–H groups in total. The van der Waals surface area contributed by atoms with Crippen molar-refractivity contribution in [1.29, 1.82) is 0 Å². The van der Waals surface area contributed by atoms with Crippen LogP contribution in [0, 0.1) is 6.92 Å². The maximum Gasteiger partial charge on any atom is 0.123 e. The second-order valence-electron chi connectivity index (χ2n) is 8.60. The molecular formula is C31H29N2O2PS. The van der Waals surface area contributed by atoms with Crippen LogP contribution < -0.4 is 15.9 Å². The number of aromatic nitrogens is 1. The van der Waals surface area contributed by atoms with E-state index in [9.17, 15) is 8.42 Å². The van der Waals surface area contributed by atoms with Crippen molar-refractivity contribution in [2.24, 2.45) is 0 Å². The average Bonchev–Trinajstić information content (AvgIpc) is 2.95. The van der Waals surface area contributed by atoms with Crippen LogP contribution in [0.3, 0.4) is 0 Å². The molecule has 0 aliphatic heterocycles. The van der Waals surface area contributed by atoms with E-state index >= 15 is 0 Å². The highest BCUT2D eigenvalue weighted by molar-refractivity contribution is 7.95. The number of rotatable bonds is 6. The largest absolute Gasteiger partial charge is 0.573 e. The molecule has 0 aliphatic carbocycles. The minimum Gasteiger partial charge on any atom is -0.573 e. The Bertz CT molecular complexity index is 1400. The molecule has 37 heavy (non-hydrogen) atoms. The van der Waals surface area contributed by atoms with E-state index in [-0.39, 0.29) is 4.90 Å². The number of aryl methyl sites for hydroxylation is 1. The van der Waals surface area contributed by atoms with Crippen LogP contribution >= 0.6 is 7.26 Å². The van der Waals surface area contributed by atoms with Gasteiger partial charge in [0, 0.05) is 12.4 Å². The van der Waals surface area contributed by atoms with Crippen LogP contribution in [-0.2, 0) is 10.0 Å². The van der Waals surface area contributed by atoms with Crippen LogP contribution in [0.5, 0.6) is 0 Å². The Hall–Kier alpha value is -3.79. The standard InChI is InChI=1S/C19H18P.C12H11N2O2S/c1-20(17-11-5-2-6-12-17,18-13-7-3-8-14-18)19-15-9-4-10-16-19;1-10-2-4-12(5-3-10)17(15,16)14-11-6-8-13-9-7-11/h2-16H,1H3;2-9H,1H3/q+1;-1. The Balaban J connectivity index is 0.000000176. The Labute approximate surface area is 220 Å². The minimum absolute atomic E-state index is 0.194. The van der Waals surface area contributed by atoms with Gasteiger partial charge in [-0.3, -0.25) is 4.98 Å². The number of sulfonamides is 1. The van der Waals surface area contributed by atoms with Crippen molar-refractivity contribution in [1.82, 2.24) is 4.98 Å². The van der Waals surface area contributed by atoms with Crippen molar-refractivity contribution in [3.63, 3.8) is 0 Å². The zero-order valence-electron chi connectivity index (χ0n) is 20.8. The molecule has 186 valence electrons. The maximum absolute atomic E-state index is 11.9. The Morgan fingerprint density at radius 3 is 1.41 bits per heavy atom. The SMILES string of the molecule is C[P+](c1ccccc1)(c1ccccc1)c1ccccc1.Cc1ccc(S(=O)(=O)[N-]c2ccncc2)cc1. The van der Waals surface area contributed by atoms with Crippen LogP contribution in [0.15, 0.2) is 145 Å². The predicted octanol–water partition coefficient (Wildman–Crippen LogP) is 6.39. The molecule has 4 aromatic carbocycles. The van der Waals surface area contributed by atoms with Gasteiger partial charge in [-0.25, -0.2) is 8.42 Å². The summed E-state index contributed by atoms with van der Waals surface area (Å²) in [5, 5.41) is 4.28. The monoisotopic (exact) mass is 524 g/mol. The lowest BCUT2D eigenvalue weighted by Gasteiger charge is -2.22. The number of benzene rings is 4. The number of nitrogens with zero attached hydrogens (tertiary/aromatic N) is 2. The molecule has 0 unspecified atom stereocenters. The van der Waals surface area contributed by atoms with Gasteiger partial charge in [0.25, 0.3) is 0 Å². The molecule has 1 aromatic heterocycles. The van der Waals surface area contributed by atoms with E-state index in [2.05, 4.69) is 107 Å². The van der Waals surface area contributed by atoms with Gasteiger partial charge in [-0.2, -0.15) is 0 Å². The summed E-state index contributed by atoms with van der Waals surface area (Å²) < 4.78 is 27.6. The number of pyridine rings is 1. The molecule has 4 nitrogen and oxygen atoms in total. The summed E-state index contributed by atoms with van der Waals surface area (Å²) in [6, 6.07) is 42.3. The van der Waals surface area contributed by atoms with Crippen LogP contribution in [0.2, 0.25) is 0 Å². The molecule has 5 rings (SSSR count). The molecule has 5 aromatic rings. The molecule has 0 bridgehead atoms. The second kappa shape index (κ2) is 12.0. The summed E-state index contributed by atoms with van der Waals surface area (Å²) in [6.07, 6.45) is 3.01. The van der Waals surface area contributed by atoms with Gasteiger partial charge >= 0.3 is 0 Å². The van der Waals surface area contributed by atoms with Crippen LogP contribution in [0.25, 0.3) is 4.72 Å². The van der Waals surface area contributed by atoms with Gasteiger partial charge in [0.2, 0.25) is 0 Å². The van der Waals surface area contributed by atoms with Gasteiger partial charge in [0.05, 0.1) is 11.6 Å².